The number of sulfonamides is 1. The van der Waals surface area contributed by atoms with Gasteiger partial charge in [-0.25, -0.2) is 8.42 Å². The lowest BCUT2D eigenvalue weighted by Crippen LogP contribution is -2.30. The number of rotatable bonds is 8. The fourth-order valence-electron chi connectivity index (χ4n) is 2.44. The van der Waals surface area contributed by atoms with E-state index in [-0.39, 0.29) is 22.9 Å². The molecule has 0 spiro atoms. The third-order valence-electron chi connectivity index (χ3n) is 4.05. The Morgan fingerprint density at radius 1 is 1.18 bits per heavy atom. The molecule has 0 fully saturated rings. The second-order valence-corrected chi connectivity index (χ2v) is 7.87. The van der Waals surface area contributed by atoms with Crippen LogP contribution in [0.1, 0.15) is 16.7 Å². The maximum atomic E-state index is 12.3. The Hall–Kier alpha value is -2.98. The lowest BCUT2D eigenvalue weighted by Gasteiger charge is -2.10. The van der Waals surface area contributed by atoms with E-state index in [0.29, 0.717) is 0 Å². The highest BCUT2D eigenvalue weighted by atomic mass is 32.2. The Kier molecular flexibility index (Phi) is 6.71. The van der Waals surface area contributed by atoms with Gasteiger partial charge in [0.05, 0.1) is 9.82 Å². The van der Waals surface area contributed by atoms with E-state index in [9.17, 15) is 23.3 Å². The number of carbonyl (C=O) groups is 1. The highest BCUT2D eigenvalue weighted by Gasteiger charge is 2.22. The average molecular weight is 407 g/mol. The number of hydrogen-bond donors (Lipinski definition) is 2. The summed E-state index contributed by atoms with van der Waals surface area (Å²) in [7, 11) is -2.63. The van der Waals surface area contributed by atoms with Gasteiger partial charge in [0.25, 0.3) is 5.69 Å². The molecule has 2 rings (SSSR count). The van der Waals surface area contributed by atoms with Crippen LogP contribution in [0.2, 0.25) is 0 Å². The molecule has 0 bridgehead atoms. The number of nitro benzene ring substituents is 1. The molecule has 150 valence electrons. The summed E-state index contributed by atoms with van der Waals surface area (Å²) in [6, 6.07) is 9.15. The van der Waals surface area contributed by atoms with Gasteiger partial charge in [0.1, 0.15) is 18.8 Å². The van der Waals surface area contributed by atoms with Gasteiger partial charge in [0.2, 0.25) is 10.0 Å². The van der Waals surface area contributed by atoms with E-state index < -0.39 is 27.5 Å². The van der Waals surface area contributed by atoms with Gasteiger partial charge >= 0.3 is 5.97 Å². The van der Waals surface area contributed by atoms with Gasteiger partial charge in [-0.2, -0.15) is 4.72 Å². The molecule has 0 amide bonds. The van der Waals surface area contributed by atoms with Gasteiger partial charge in [-0.15, -0.1) is 0 Å². The van der Waals surface area contributed by atoms with Gasteiger partial charge in [-0.1, -0.05) is 23.8 Å². The Balaban J connectivity index is 2.02. The third-order valence-corrected chi connectivity index (χ3v) is 5.44. The molecule has 0 saturated carbocycles. The maximum Gasteiger partial charge on any atom is 0.321 e. The van der Waals surface area contributed by atoms with Crippen LogP contribution >= 0.6 is 0 Å². The van der Waals surface area contributed by atoms with Crippen LogP contribution in [0.15, 0.2) is 41.3 Å². The second-order valence-electron chi connectivity index (χ2n) is 6.10. The predicted octanol–water partition coefficient (Wildman–Crippen LogP) is 2.28. The number of ether oxygens (including phenoxy) is 1. The zero-order valence-electron chi connectivity index (χ0n) is 15.7. The molecule has 0 atom stereocenters. The summed E-state index contributed by atoms with van der Waals surface area (Å²) < 4.78 is 31.8. The second kappa shape index (κ2) is 8.81. The van der Waals surface area contributed by atoms with Crippen molar-refractivity contribution in [2.24, 2.45) is 0 Å². The molecule has 10 heteroatoms. The summed E-state index contributed by atoms with van der Waals surface area (Å²) in [4.78, 5) is 22.0. The Labute approximate surface area is 162 Å². The average Bonchev–Trinajstić information content (AvgIpc) is 2.66. The number of benzene rings is 2. The number of anilines is 1. The number of aryl methyl sites for hydroxylation is 2. The minimum atomic E-state index is -4.12. The molecule has 28 heavy (non-hydrogen) atoms. The minimum absolute atomic E-state index is 0.0242. The summed E-state index contributed by atoms with van der Waals surface area (Å²) in [5.74, 6) is -0.758. The van der Waals surface area contributed by atoms with Crippen molar-refractivity contribution in [2.45, 2.75) is 25.3 Å². The van der Waals surface area contributed by atoms with E-state index in [4.69, 9.17) is 4.74 Å². The quantitative estimate of drug-likeness (QED) is 0.390. The Morgan fingerprint density at radius 2 is 1.89 bits per heavy atom. The molecule has 2 aromatic rings. The summed E-state index contributed by atoms with van der Waals surface area (Å²) >= 11 is 0. The molecular formula is C18H21N3O6S. The van der Waals surface area contributed by atoms with Crippen molar-refractivity contribution in [3.8, 4) is 0 Å². The molecule has 0 unspecified atom stereocenters. The largest absolute Gasteiger partial charge is 0.460 e. The van der Waals surface area contributed by atoms with Crippen molar-refractivity contribution < 1.29 is 22.9 Å². The van der Waals surface area contributed by atoms with Crippen LogP contribution in [0.3, 0.4) is 0 Å². The van der Waals surface area contributed by atoms with Crippen LogP contribution in [0.5, 0.6) is 0 Å². The molecule has 0 saturated heterocycles. The number of esters is 1. The third kappa shape index (κ3) is 5.27. The molecular weight excluding hydrogens is 386 g/mol. The molecule has 0 aliphatic carbocycles. The van der Waals surface area contributed by atoms with Crippen molar-refractivity contribution in [2.75, 3.05) is 18.9 Å². The van der Waals surface area contributed by atoms with Crippen molar-refractivity contribution in [3.05, 3.63) is 63.2 Å². The number of nitro groups is 1. The smallest absolute Gasteiger partial charge is 0.321 e. The summed E-state index contributed by atoms with van der Waals surface area (Å²) in [5.41, 5.74) is 2.59. The highest BCUT2D eigenvalue weighted by Crippen LogP contribution is 2.26. The fourth-order valence-corrected chi connectivity index (χ4v) is 3.43. The predicted molar refractivity (Wildman–Crippen MR) is 104 cm³/mol. The number of carbonyl (C=O) groups excluding carboxylic acids is 1. The molecule has 0 aliphatic heterocycles. The molecule has 0 aliphatic rings. The molecule has 0 heterocycles. The first kappa shape index (κ1) is 21.3. The lowest BCUT2D eigenvalue weighted by molar-refractivity contribution is -0.384. The first-order valence-corrected chi connectivity index (χ1v) is 9.80. The topological polar surface area (TPSA) is 128 Å². The molecule has 0 radical (unpaired) electrons. The van der Waals surface area contributed by atoms with Crippen LogP contribution in [0.4, 0.5) is 11.4 Å². The Bertz CT molecular complexity index is 1000. The van der Waals surface area contributed by atoms with Gasteiger partial charge in [-0.05, 0) is 37.1 Å². The SMILES string of the molecule is CNc1ccc(S(=O)(=O)NCC(=O)OCc2cc(C)ccc2C)cc1[N+](=O)[O-]. The first-order valence-electron chi connectivity index (χ1n) is 8.31. The molecule has 2 N–H and O–H groups in total. The van der Waals surface area contributed by atoms with Gasteiger partial charge in [0.15, 0.2) is 0 Å². The van der Waals surface area contributed by atoms with Crippen LogP contribution in [-0.4, -0.2) is 32.9 Å². The standard InChI is InChI=1S/C18H21N3O6S/c1-12-4-5-13(2)14(8-12)11-27-18(22)10-20-28(25,26)15-6-7-16(19-3)17(9-15)21(23)24/h4-9,19-20H,10-11H2,1-3H3. The normalized spacial score (nSPS) is 11.1. The zero-order chi connectivity index (χ0) is 20.9. The van der Waals surface area contributed by atoms with Crippen molar-refractivity contribution >= 4 is 27.4 Å². The van der Waals surface area contributed by atoms with Crippen LogP contribution in [-0.2, 0) is 26.2 Å². The van der Waals surface area contributed by atoms with Crippen LogP contribution in [0, 0.1) is 24.0 Å². The zero-order valence-corrected chi connectivity index (χ0v) is 16.5. The first-order chi connectivity index (χ1) is 13.1. The van der Waals surface area contributed by atoms with E-state index in [0.717, 1.165) is 22.8 Å². The maximum absolute atomic E-state index is 12.3. The fraction of sp³-hybridized carbons (Fsp3) is 0.278. The van der Waals surface area contributed by atoms with Crippen LogP contribution in [0.25, 0.3) is 0 Å². The van der Waals surface area contributed by atoms with Crippen molar-refractivity contribution in [3.63, 3.8) is 0 Å². The van der Waals surface area contributed by atoms with Crippen LogP contribution < -0.4 is 10.0 Å². The number of nitrogens with one attached hydrogen (secondary N) is 2. The van der Waals surface area contributed by atoms with Crippen molar-refractivity contribution in [1.82, 2.24) is 4.72 Å². The van der Waals surface area contributed by atoms with Gasteiger partial charge in [-0.3, -0.25) is 14.9 Å². The van der Waals surface area contributed by atoms with E-state index in [1.165, 1.54) is 19.2 Å². The van der Waals surface area contributed by atoms with Gasteiger partial charge in [0, 0.05) is 13.1 Å². The molecule has 9 nitrogen and oxygen atoms in total. The van der Waals surface area contributed by atoms with Gasteiger partial charge < -0.3 is 10.1 Å². The molecule has 0 aromatic heterocycles. The summed E-state index contributed by atoms with van der Waals surface area (Å²) in [6.07, 6.45) is 0. The van der Waals surface area contributed by atoms with E-state index >= 15 is 0 Å². The Morgan fingerprint density at radius 3 is 2.54 bits per heavy atom. The van der Waals surface area contributed by atoms with E-state index in [1.54, 1.807) is 0 Å². The monoisotopic (exact) mass is 407 g/mol. The lowest BCUT2D eigenvalue weighted by atomic mass is 10.1. The number of nitrogens with zero attached hydrogens (tertiary/aromatic N) is 1. The minimum Gasteiger partial charge on any atom is -0.460 e. The van der Waals surface area contributed by atoms with E-state index in [2.05, 4.69) is 10.0 Å². The summed E-state index contributed by atoms with van der Waals surface area (Å²) in [6.45, 7) is 3.23. The molecule has 2 aromatic carbocycles. The number of hydrogen-bond acceptors (Lipinski definition) is 7. The highest BCUT2D eigenvalue weighted by molar-refractivity contribution is 7.89. The van der Waals surface area contributed by atoms with Crippen molar-refractivity contribution in [1.29, 1.82) is 0 Å². The van der Waals surface area contributed by atoms with E-state index in [1.807, 2.05) is 32.0 Å². The summed E-state index contributed by atoms with van der Waals surface area (Å²) in [5, 5.41) is 13.7.